The van der Waals surface area contributed by atoms with Crippen molar-refractivity contribution >= 4 is 28.4 Å². The minimum Gasteiger partial charge on any atom is -0.385 e. The van der Waals surface area contributed by atoms with Crippen molar-refractivity contribution in [3.05, 3.63) is 40.7 Å². The minimum absolute atomic E-state index is 0.203. The van der Waals surface area contributed by atoms with E-state index in [1.807, 2.05) is 6.07 Å². The van der Waals surface area contributed by atoms with E-state index in [2.05, 4.69) is 5.32 Å². The Bertz CT molecular complexity index is 779. The molecule has 1 aliphatic rings. The van der Waals surface area contributed by atoms with Gasteiger partial charge in [0.05, 0.1) is 0 Å². The van der Waals surface area contributed by atoms with Crippen LogP contribution in [0.5, 0.6) is 0 Å². The number of benzene rings is 1. The number of nitrogens with one attached hydrogen (secondary N) is 1. The van der Waals surface area contributed by atoms with Gasteiger partial charge in [-0.2, -0.15) is 0 Å². The maximum Gasteiger partial charge on any atom is 0.260 e. The summed E-state index contributed by atoms with van der Waals surface area (Å²) in [5, 5.41) is 3.48. The van der Waals surface area contributed by atoms with Crippen LogP contribution in [0.2, 0.25) is 0 Å². The second-order valence-electron chi connectivity index (χ2n) is 4.80. The summed E-state index contributed by atoms with van der Waals surface area (Å²) >= 11 is 0. The molecule has 6 heteroatoms. The average Bonchev–Trinajstić information content (AvgIpc) is 2.41. The predicted molar refractivity (Wildman–Crippen MR) is 74.0 cm³/mol. The van der Waals surface area contributed by atoms with Crippen LogP contribution in [0.1, 0.15) is 18.9 Å². The number of nitrogens with zero attached hydrogens (tertiary/aromatic N) is 1. The van der Waals surface area contributed by atoms with E-state index in [1.54, 1.807) is 24.3 Å². The molecule has 2 aromatic rings. The number of carbonyl (C=O) groups excluding carboxylic acids is 2. The molecule has 1 aromatic heterocycles. The van der Waals surface area contributed by atoms with Crippen LogP contribution in [0.3, 0.4) is 0 Å². The molecule has 20 heavy (non-hydrogen) atoms. The molecule has 6 nitrogen and oxygen atoms in total. The van der Waals surface area contributed by atoms with Gasteiger partial charge in [-0.3, -0.25) is 24.3 Å². The van der Waals surface area contributed by atoms with Crippen molar-refractivity contribution in [2.24, 2.45) is 0 Å². The zero-order chi connectivity index (χ0) is 14.3. The Morgan fingerprint density at radius 3 is 2.70 bits per heavy atom. The van der Waals surface area contributed by atoms with Gasteiger partial charge in [-0.25, -0.2) is 0 Å². The molecule has 1 unspecified atom stereocenters. The Morgan fingerprint density at radius 2 is 1.95 bits per heavy atom. The number of amides is 2. The van der Waals surface area contributed by atoms with E-state index in [-0.39, 0.29) is 30.1 Å². The lowest BCUT2D eigenvalue weighted by atomic mass is 10.0. The van der Waals surface area contributed by atoms with E-state index in [0.29, 0.717) is 5.39 Å². The summed E-state index contributed by atoms with van der Waals surface area (Å²) in [5.41, 5.74) is 5.60. The number of pyridine rings is 1. The number of fused-ring (bicyclic) bond motifs is 1. The lowest BCUT2D eigenvalue weighted by Gasteiger charge is -2.24. The lowest BCUT2D eigenvalue weighted by molar-refractivity contribution is -0.135. The third-order valence-electron chi connectivity index (χ3n) is 3.51. The molecule has 1 saturated heterocycles. The fourth-order valence-electron chi connectivity index (χ4n) is 2.54. The third kappa shape index (κ3) is 1.85. The zero-order valence-corrected chi connectivity index (χ0v) is 10.6. The Kier molecular flexibility index (Phi) is 2.78. The van der Waals surface area contributed by atoms with Crippen molar-refractivity contribution in [3.63, 3.8) is 0 Å². The van der Waals surface area contributed by atoms with Gasteiger partial charge < -0.3 is 5.73 Å². The largest absolute Gasteiger partial charge is 0.385 e. The maximum absolute atomic E-state index is 12.5. The van der Waals surface area contributed by atoms with E-state index in [0.717, 1.165) is 5.39 Å². The van der Waals surface area contributed by atoms with Crippen molar-refractivity contribution in [1.82, 2.24) is 9.88 Å². The maximum atomic E-state index is 12.5. The van der Waals surface area contributed by atoms with E-state index in [4.69, 9.17) is 5.73 Å². The molecule has 2 heterocycles. The number of carbonyl (C=O) groups is 2. The molecular formula is C14H13N3O3. The SMILES string of the molecule is Nc1cc2ccccc2c(=O)n1C1CCC(=O)NC1=O. The van der Waals surface area contributed by atoms with Crippen LogP contribution in [0.25, 0.3) is 10.8 Å². The topological polar surface area (TPSA) is 94.2 Å². The van der Waals surface area contributed by atoms with E-state index < -0.39 is 11.9 Å². The van der Waals surface area contributed by atoms with E-state index in [9.17, 15) is 14.4 Å². The summed E-state index contributed by atoms with van der Waals surface area (Å²) in [6, 6.07) is 8.00. The fourth-order valence-corrected chi connectivity index (χ4v) is 2.54. The number of aromatic nitrogens is 1. The van der Waals surface area contributed by atoms with Crippen LogP contribution in [0.15, 0.2) is 35.1 Å². The minimum atomic E-state index is -0.732. The molecule has 1 aromatic carbocycles. The second kappa shape index (κ2) is 4.48. The number of hydrogen-bond donors (Lipinski definition) is 2. The van der Waals surface area contributed by atoms with Crippen molar-refractivity contribution in [2.75, 3.05) is 5.73 Å². The van der Waals surface area contributed by atoms with Gasteiger partial charge in [-0.05, 0) is 23.9 Å². The summed E-state index contributed by atoms with van der Waals surface area (Å²) < 4.78 is 1.27. The van der Waals surface area contributed by atoms with Gasteiger partial charge in [0.25, 0.3) is 5.56 Å². The Labute approximate surface area is 114 Å². The number of hydrogen-bond acceptors (Lipinski definition) is 4. The zero-order valence-electron chi connectivity index (χ0n) is 10.6. The van der Waals surface area contributed by atoms with E-state index in [1.165, 1.54) is 4.57 Å². The highest BCUT2D eigenvalue weighted by Gasteiger charge is 2.30. The van der Waals surface area contributed by atoms with Crippen molar-refractivity contribution in [2.45, 2.75) is 18.9 Å². The highest BCUT2D eigenvalue weighted by atomic mass is 16.2. The number of anilines is 1. The molecule has 3 rings (SSSR count). The smallest absolute Gasteiger partial charge is 0.260 e. The molecule has 0 saturated carbocycles. The van der Waals surface area contributed by atoms with Gasteiger partial charge in [0.15, 0.2) is 0 Å². The van der Waals surface area contributed by atoms with Crippen LogP contribution in [-0.2, 0) is 9.59 Å². The van der Waals surface area contributed by atoms with Gasteiger partial charge in [0.2, 0.25) is 11.8 Å². The van der Waals surface area contributed by atoms with Crippen LogP contribution < -0.4 is 16.6 Å². The average molecular weight is 271 g/mol. The van der Waals surface area contributed by atoms with Crippen LogP contribution in [0, 0.1) is 0 Å². The summed E-state index contributed by atoms with van der Waals surface area (Å²) in [5.74, 6) is -0.577. The summed E-state index contributed by atoms with van der Waals surface area (Å²) in [6.45, 7) is 0. The lowest BCUT2D eigenvalue weighted by Crippen LogP contribution is -2.44. The Morgan fingerprint density at radius 1 is 1.20 bits per heavy atom. The van der Waals surface area contributed by atoms with E-state index >= 15 is 0 Å². The predicted octanol–water partition coefficient (Wildman–Crippen LogP) is 0.561. The first kappa shape index (κ1) is 12.4. The van der Waals surface area contributed by atoms with Crippen molar-refractivity contribution in [3.8, 4) is 0 Å². The molecule has 102 valence electrons. The van der Waals surface area contributed by atoms with Crippen molar-refractivity contribution < 1.29 is 9.59 Å². The van der Waals surface area contributed by atoms with Gasteiger partial charge in [-0.1, -0.05) is 18.2 Å². The van der Waals surface area contributed by atoms with Gasteiger partial charge in [0, 0.05) is 11.8 Å². The molecule has 0 spiro atoms. The van der Waals surface area contributed by atoms with Crippen LogP contribution in [0.4, 0.5) is 5.82 Å². The molecule has 0 bridgehead atoms. The summed E-state index contributed by atoms with van der Waals surface area (Å²) in [4.78, 5) is 35.6. The monoisotopic (exact) mass is 271 g/mol. The highest BCUT2D eigenvalue weighted by molar-refractivity contribution is 5.99. The molecule has 1 aliphatic heterocycles. The van der Waals surface area contributed by atoms with Gasteiger partial charge >= 0.3 is 0 Å². The molecule has 1 atom stereocenters. The van der Waals surface area contributed by atoms with Crippen LogP contribution >= 0.6 is 0 Å². The molecule has 2 amide bonds. The Balaban J connectivity index is 2.19. The second-order valence-corrected chi connectivity index (χ2v) is 4.80. The third-order valence-corrected chi connectivity index (χ3v) is 3.51. The molecule has 0 radical (unpaired) electrons. The first-order chi connectivity index (χ1) is 9.58. The quantitative estimate of drug-likeness (QED) is 0.741. The number of piperidine rings is 1. The number of nitrogen functional groups attached to an aromatic ring is 1. The summed E-state index contributed by atoms with van der Waals surface area (Å²) in [7, 11) is 0. The molecule has 0 aliphatic carbocycles. The molecular weight excluding hydrogens is 258 g/mol. The standard InChI is InChI=1S/C14H13N3O3/c15-11-7-8-3-1-2-4-9(8)14(20)17(11)10-5-6-12(18)16-13(10)19/h1-4,7,10H,5-6,15H2,(H,16,18,19). The fraction of sp³-hybridized carbons (Fsp3) is 0.214. The number of nitrogens with two attached hydrogens (primary N) is 1. The molecule has 1 fully saturated rings. The van der Waals surface area contributed by atoms with Gasteiger partial charge in [-0.15, -0.1) is 0 Å². The number of imide groups is 1. The highest BCUT2D eigenvalue weighted by Crippen LogP contribution is 2.22. The first-order valence-corrected chi connectivity index (χ1v) is 6.31. The molecule has 3 N–H and O–H groups in total. The Hall–Kier alpha value is -2.63. The first-order valence-electron chi connectivity index (χ1n) is 6.31. The van der Waals surface area contributed by atoms with Gasteiger partial charge in [0.1, 0.15) is 11.9 Å². The van der Waals surface area contributed by atoms with Crippen LogP contribution in [-0.4, -0.2) is 16.4 Å². The van der Waals surface area contributed by atoms with Crippen molar-refractivity contribution in [1.29, 1.82) is 0 Å². The number of rotatable bonds is 1. The normalized spacial score (nSPS) is 19.1. The summed E-state index contributed by atoms with van der Waals surface area (Å²) in [6.07, 6.45) is 0.488.